The van der Waals surface area contributed by atoms with Crippen LogP contribution in [0.4, 0.5) is 0 Å². The van der Waals surface area contributed by atoms with Gasteiger partial charge in [-0.2, -0.15) is 0 Å². The first-order valence-corrected chi connectivity index (χ1v) is 5.64. The Morgan fingerprint density at radius 3 is 2.53 bits per heavy atom. The van der Waals surface area contributed by atoms with E-state index in [1.165, 1.54) is 6.42 Å². The van der Waals surface area contributed by atoms with E-state index in [-0.39, 0.29) is 12.2 Å². The Balaban J connectivity index is 2.18. The SMILES string of the molecule is O=C(O)CCCCC(=O)C1=CCCCC1. The fourth-order valence-corrected chi connectivity index (χ4v) is 1.81. The summed E-state index contributed by atoms with van der Waals surface area (Å²) in [6.07, 6.45) is 8.28. The van der Waals surface area contributed by atoms with Crippen LogP contribution >= 0.6 is 0 Å². The number of carboxylic acids is 1. The molecule has 0 saturated carbocycles. The molecule has 0 saturated heterocycles. The van der Waals surface area contributed by atoms with E-state index < -0.39 is 5.97 Å². The number of unbranched alkanes of at least 4 members (excludes halogenated alkanes) is 1. The summed E-state index contributed by atoms with van der Waals surface area (Å²) in [5, 5.41) is 8.43. The number of carboxylic acid groups (broad SMARTS) is 1. The molecule has 0 atom stereocenters. The molecule has 84 valence electrons. The molecule has 1 aliphatic rings. The van der Waals surface area contributed by atoms with Gasteiger partial charge in [0.15, 0.2) is 5.78 Å². The van der Waals surface area contributed by atoms with Gasteiger partial charge < -0.3 is 5.11 Å². The van der Waals surface area contributed by atoms with Gasteiger partial charge in [-0.15, -0.1) is 0 Å². The lowest BCUT2D eigenvalue weighted by molar-refractivity contribution is -0.137. The number of carbonyl (C=O) groups excluding carboxylic acids is 1. The molecule has 1 aliphatic carbocycles. The van der Waals surface area contributed by atoms with E-state index in [2.05, 4.69) is 0 Å². The predicted molar refractivity (Wildman–Crippen MR) is 57.7 cm³/mol. The lowest BCUT2D eigenvalue weighted by Crippen LogP contribution is -2.06. The normalized spacial score (nSPS) is 15.9. The van der Waals surface area contributed by atoms with Crippen molar-refractivity contribution in [3.8, 4) is 0 Å². The molecule has 0 radical (unpaired) electrons. The van der Waals surface area contributed by atoms with Crippen molar-refractivity contribution in [3.63, 3.8) is 0 Å². The fraction of sp³-hybridized carbons (Fsp3) is 0.667. The molecule has 0 aliphatic heterocycles. The first-order chi connectivity index (χ1) is 7.20. The number of allylic oxidation sites excluding steroid dienone is 2. The molecule has 0 aromatic rings. The minimum Gasteiger partial charge on any atom is -0.481 e. The Labute approximate surface area is 90.2 Å². The summed E-state index contributed by atoms with van der Waals surface area (Å²) < 4.78 is 0. The quantitative estimate of drug-likeness (QED) is 0.686. The van der Waals surface area contributed by atoms with Crippen LogP contribution in [0.25, 0.3) is 0 Å². The summed E-state index contributed by atoms with van der Waals surface area (Å²) >= 11 is 0. The molecule has 15 heavy (non-hydrogen) atoms. The van der Waals surface area contributed by atoms with Crippen LogP contribution in [0.15, 0.2) is 11.6 Å². The number of aliphatic carboxylic acids is 1. The number of hydrogen-bond donors (Lipinski definition) is 1. The third-order valence-electron chi connectivity index (χ3n) is 2.69. The average molecular weight is 210 g/mol. The van der Waals surface area contributed by atoms with Gasteiger partial charge in [-0.25, -0.2) is 0 Å². The molecule has 1 N–H and O–H groups in total. The van der Waals surface area contributed by atoms with E-state index in [1.807, 2.05) is 6.08 Å². The lowest BCUT2D eigenvalue weighted by Gasteiger charge is -2.10. The third kappa shape index (κ3) is 4.77. The highest BCUT2D eigenvalue weighted by molar-refractivity contribution is 5.95. The second kappa shape index (κ2) is 6.38. The summed E-state index contributed by atoms with van der Waals surface area (Å²) in [5.74, 6) is -0.556. The van der Waals surface area contributed by atoms with Crippen LogP contribution in [-0.4, -0.2) is 16.9 Å². The maximum absolute atomic E-state index is 11.6. The van der Waals surface area contributed by atoms with Crippen LogP contribution in [0, 0.1) is 0 Å². The van der Waals surface area contributed by atoms with Crippen molar-refractivity contribution in [1.29, 1.82) is 0 Å². The summed E-state index contributed by atoms with van der Waals surface area (Å²) in [5.41, 5.74) is 0.969. The Bertz CT molecular complexity index is 266. The molecule has 0 unspecified atom stereocenters. The Hall–Kier alpha value is -1.12. The predicted octanol–water partition coefficient (Wildman–Crippen LogP) is 2.70. The zero-order valence-corrected chi connectivity index (χ0v) is 9.00. The molecular weight excluding hydrogens is 192 g/mol. The van der Waals surface area contributed by atoms with Gasteiger partial charge in [0, 0.05) is 12.8 Å². The van der Waals surface area contributed by atoms with Gasteiger partial charge in [-0.3, -0.25) is 9.59 Å². The summed E-state index contributed by atoms with van der Waals surface area (Å²) in [7, 11) is 0. The lowest BCUT2D eigenvalue weighted by atomic mass is 9.94. The van der Waals surface area contributed by atoms with Crippen LogP contribution in [0.2, 0.25) is 0 Å². The van der Waals surface area contributed by atoms with Crippen molar-refractivity contribution in [2.75, 3.05) is 0 Å². The first-order valence-electron chi connectivity index (χ1n) is 5.64. The summed E-state index contributed by atoms with van der Waals surface area (Å²) in [6, 6.07) is 0. The second-order valence-corrected chi connectivity index (χ2v) is 4.00. The van der Waals surface area contributed by atoms with Crippen molar-refractivity contribution < 1.29 is 14.7 Å². The van der Waals surface area contributed by atoms with Crippen LogP contribution < -0.4 is 0 Å². The van der Waals surface area contributed by atoms with Gasteiger partial charge in [-0.05, 0) is 44.1 Å². The number of carbonyl (C=O) groups is 2. The summed E-state index contributed by atoms with van der Waals surface area (Å²) in [4.78, 5) is 21.9. The molecule has 3 nitrogen and oxygen atoms in total. The summed E-state index contributed by atoms with van der Waals surface area (Å²) in [6.45, 7) is 0. The topological polar surface area (TPSA) is 54.4 Å². The van der Waals surface area contributed by atoms with E-state index in [1.54, 1.807) is 0 Å². The molecule has 1 rings (SSSR count). The first kappa shape index (κ1) is 12.0. The average Bonchev–Trinajstić information content (AvgIpc) is 2.25. The van der Waals surface area contributed by atoms with Gasteiger partial charge in [0.1, 0.15) is 0 Å². The van der Waals surface area contributed by atoms with E-state index >= 15 is 0 Å². The number of Topliss-reactive ketones (excluding diaryl/α,β-unsaturated/α-hetero) is 1. The largest absolute Gasteiger partial charge is 0.481 e. The van der Waals surface area contributed by atoms with E-state index in [0.29, 0.717) is 19.3 Å². The number of hydrogen-bond acceptors (Lipinski definition) is 2. The van der Waals surface area contributed by atoms with Gasteiger partial charge in [0.05, 0.1) is 0 Å². The number of ketones is 1. The molecule has 0 aromatic heterocycles. The third-order valence-corrected chi connectivity index (χ3v) is 2.69. The van der Waals surface area contributed by atoms with E-state index in [9.17, 15) is 9.59 Å². The smallest absolute Gasteiger partial charge is 0.303 e. The van der Waals surface area contributed by atoms with Crippen molar-refractivity contribution in [2.24, 2.45) is 0 Å². The van der Waals surface area contributed by atoms with Crippen LogP contribution in [0.3, 0.4) is 0 Å². The van der Waals surface area contributed by atoms with Gasteiger partial charge >= 0.3 is 5.97 Å². The highest BCUT2D eigenvalue weighted by Gasteiger charge is 2.11. The molecule has 3 heteroatoms. The van der Waals surface area contributed by atoms with E-state index in [0.717, 1.165) is 24.8 Å². The zero-order valence-electron chi connectivity index (χ0n) is 9.00. The molecule has 0 fully saturated rings. The zero-order chi connectivity index (χ0) is 11.1. The van der Waals surface area contributed by atoms with Crippen LogP contribution in [0.5, 0.6) is 0 Å². The maximum atomic E-state index is 11.6. The monoisotopic (exact) mass is 210 g/mol. The minimum atomic E-state index is -0.778. The van der Waals surface area contributed by atoms with Crippen molar-refractivity contribution in [1.82, 2.24) is 0 Å². The number of rotatable bonds is 6. The highest BCUT2D eigenvalue weighted by atomic mass is 16.4. The van der Waals surface area contributed by atoms with Gasteiger partial charge in [0.2, 0.25) is 0 Å². The van der Waals surface area contributed by atoms with Gasteiger partial charge in [0.25, 0.3) is 0 Å². The van der Waals surface area contributed by atoms with Crippen LogP contribution in [-0.2, 0) is 9.59 Å². The highest BCUT2D eigenvalue weighted by Crippen LogP contribution is 2.19. The molecule has 0 bridgehead atoms. The molecule has 0 aromatic carbocycles. The Kier molecular flexibility index (Phi) is 5.08. The van der Waals surface area contributed by atoms with Crippen molar-refractivity contribution in [3.05, 3.63) is 11.6 Å². The van der Waals surface area contributed by atoms with Crippen molar-refractivity contribution in [2.45, 2.75) is 51.4 Å². The van der Waals surface area contributed by atoms with Gasteiger partial charge in [-0.1, -0.05) is 6.08 Å². The van der Waals surface area contributed by atoms with Crippen LogP contribution in [0.1, 0.15) is 51.4 Å². The standard InChI is InChI=1S/C12H18O3/c13-11(8-4-5-9-12(14)15)10-6-2-1-3-7-10/h6H,1-5,7-9H2,(H,14,15). The molecular formula is C12H18O3. The Morgan fingerprint density at radius 2 is 1.93 bits per heavy atom. The molecule has 0 amide bonds. The minimum absolute atomic E-state index is 0.173. The van der Waals surface area contributed by atoms with Crippen molar-refractivity contribution >= 4 is 11.8 Å². The molecule has 0 heterocycles. The van der Waals surface area contributed by atoms with E-state index in [4.69, 9.17) is 5.11 Å². The Morgan fingerprint density at radius 1 is 1.20 bits per heavy atom. The second-order valence-electron chi connectivity index (χ2n) is 4.00. The fourth-order valence-electron chi connectivity index (χ4n) is 1.81. The maximum Gasteiger partial charge on any atom is 0.303 e. The molecule has 0 spiro atoms.